The fourth-order valence-corrected chi connectivity index (χ4v) is 3.99. The van der Waals surface area contributed by atoms with E-state index in [2.05, 4.69) is 25.1 Å². The lowest BCUT2D eigenvalue weighted by atomic mass is 9.92. The largest absolute Gasteiger partial charge is 0.490 e. The maximum absolute atomic E-state index is 10.6. The molecule has 0 aliphatic carbocycles. The van der Waals surface area contributed by atoms with Gasteiger partial charge in [-0.05, 0) is 32.2 Å². The fourth-order valence-electron chi connectivity index (χ4n) is 3.33. The van der Waals surface area contributed by atoms with E-state index >= 15 is 0 Å². The van der Waals surface area contributed by atoms with Crippen molar-refractivity contribution in [3.8, 4) is 0 Å². The van der Waals surface area contributed by atoms with Gasteiger partial charge in [0.15, 0.2) is 5.82 Å². The highest BCUT2D eigenvalue weighted by atomic mass is 32.1. The Balaban J connectivity index is 0.000000279. The van der Waals surface area contributed by atoms with Crippen LogP contribution in [0.25, 0.3) is 0 Å². The minimum Gasteiger partial charge on any atom is -0.475 e. The van der Waals surface area contributed by atoms with Crippen molar-refractivity contribution in [3.63, 3.8) is 0 Å². The third-order valence-corrected chi connectivity index (χ3v) is 5.39. The van der Waals surface area contributed by atoms with Gasteiger partial charge in [-0.25, -0.2) is 14.8 Å². The molecule has 2 aromatic rings. The molecule has 2 saturated heterocycles. The van der Waals surface area contributed by atoms with E-state index in [9.17, 15) is 13.2 Å². The number of H-pyrrole nitrogens is 1. The number of thiazole rings is 1. The van der Waals surface area contributed by atoms with Gasteiger partial charge in [-0.15, -0.1) is 11.3 Å². The Bertz CT molecular complexity index is 783. The maximum Gasteiger partial charge on any atom is 0.490 e. The van der Waals surface area contributed by atoms with Crippen molar-refractivity contribution in [2.24, 2.45) is 5.92 Å². The summed E-state index contributed by atoms with van der Waals surface area (Å²) in [5, 5.41) is 17.5. The van der Waals surface area contributed by atoms with Gasteiger partial charge in [-0.3, -0.25) is 10.00 Å². The van der Waals surface area contributed by atoms with Gasteiger partial charge in [0, 0.05) is 18.1 Å². The van der Waals surface area contributed by atoms with Crippen LogP contribution in [0.1, 0.15) is 35.6 Å². The van der Waals surface area contributed by atoms with Crippen LogP contribution < -0.4 is 0 Å². The maximum atomic E-state index is 10.6. The number of ether oxygens (including phenoxy) is 1. The van der Waals surface area contributed by atoms with Crippen molar-refractivity contribution in [2.45, 2.75) is 44.7 Å². The van der Waals surface area contributed by atoms with Crippen molar-refractivity contribution in [1.82, 2.24) is 25.1 Å². The number of piperidine rings is 1. The first-order chi connectivity index (χ1) is 13.2. The predicted octanol–water partition coefficient (Wildman–Crippen LogP) is 2.56. The van der Waals surface area contributed by atoms with Crippen LogP contribution in [-0.4, -0.2) is 61.5 Å². The first-order valence-electron chi connectivity index (χ1n) is 8.67. The number of hydrogen-bond acceptors (Lipinski definition) is 7. The number of carboxylic acids is 1. The number of aromatic amines is 1. The van der Waals surface area contributed by atoms with Gasteiger partial charge in [0.1, 0.15) is 16.9 Å². The Kier molecular flexibility index (Phi) is 6.30. The molecule has 154 valence electrons. The van der Waals surface area contributed by atoms with E-state index < -0.39 is 12.1 Å². The number of aromatic nitrogens is 4. The molecule has 2 fully saturated rings. The van der Waals surface area contributed by atoms with Crippen molar-refractivity contribution < 1.29 is 27.8 Å². The first kappa shape index (κ1) is 20.7. The molecular weight excluding hydrogens is 399 g/mol. The lowest BCUT2D eigenvalue weighted by Gasteiger charge is -2.33. The second-order valence-corrected chi connectivity index (χ2v) is 7.67. The second-order valence-electron chi connectivity index (χ2n) is 6.69. The lowest BCUT2D eigenvalue weighted by Crippen LogP contribution is -2.41. The van der Waals surface area contributed by atoms with Crippen LogP contribution in [0.3, 0.4) is 0 Å². The zero-order chi connectivity index (χ0) is 20.3. The third-order valence-electron chi connectivity index (χ3n) is 4.62. The highest BCUT2D eigenvalue weighted by molar-refractivity contribution is 7.09. The normalized spacial score (nSPS) is 25.1. The number of rotatable bonds is 3. The number of alkyl halides is 3. The van der Waals surface area contributed by atoms with Crippen LogP contribution in [0.2, 0.25) is 0 Å². The molecule has 2 aliphatic rings. The Hall–Kier alpha value is -2.05. The second kappa shape index (κ2) is 8.53. The number of nitrogens with one attached hydrogen (secondary N) is 1. The van der Waals surface area contributed by atoms with Gasteiger partial charge < -0.3 is 9.84 Å². The molecule has 0 radical (unpaired) electrons. The number of halogens is 3. The minimum absolute atomic E-state index is 0.0600. The Morgan fingerprint density at radius 2 is 2.25 bits per heavy atom. The summed E-state index contributed by atoms with van der Waals surface area (Å²) in [4.78, 5) is 20.1. The number of carbonyl (C=O) groups is 1. The number of likely N-dealkylation sites (tertiary alicyclic amines) is 1. The van der Waals surface area contributed by atoms with Gasteiger partial charge in [0.2, 0.25) is 0 Å². The molecule has 28 heavy (non-hydrogen) atoms. The Morgan fingerprint density at radius 3 is 2.82 bits per heavy atom. The molecule has 8 nitrogen and oxygen atoms in total. The van der Waals surface area contributed by atoms with E-state index in [0.717, 1.165) is 37.7 Å². The third kappa shape index (κ3) is 5.26. The molecule has 0 aromatic carbocycles. The molecule has 3 atom stereocenters. The van der Waals surface area contributed by atoms with E-state index in [-0.39, 0.29) is 6.10 Å². The van der Waals surface area contributed by atoms with Crippen LogP contribution in [0, 0.1) is 12.8 Å². The summed E-state index contributed by atoms with van der Waals surface area (Å²) < 4.78 is 37.9. The first-order valence-corrected chi connectivity index (χ1v) is 9.55. The van der Waals surface area contributed by atoms with Gasteiger partial charge in [0.25, 0.3) is 0 Å². The van der Waals surface area contributed by atoms with Crippen molar-refractivity contribution >= 4 is 17.3 Å². The summed E-state index contributed by atoms with van der Waals surface area (Å²) in [5.41, 5.74) is 0. The summed E-state index contributed by atoms with van der Waals surface area (Å²) in [6.45, 7) is 4.98. The van der Waals surface area contributed by atoms with Crippen LogP contribution in [0.4, 0.5) is 13.2 Å². The van der Waals surface area contributed by atoms with Crippen LogP contribution in [0.5, 0.6) is 0 Å². The highest BCUT2D eigenvalue weighted by Crippen LogP contribution is 2.40. The van der Waals surface area contributed by atoms with Gasteiger partial charge in [-0.2, -0.15) is 18.3 Å². The number of aliphatic carboxylic acids is 1. The quantitative estimate of drug-likeness (QED) is 0.788. The molecule has 2 N–H and O–H groups in total. The average molecular weight is 419 g/mol. The highest BCUT2D eigenvalue weighted by Gasteiger charge is 2.41. The Morgan fingerprint density at radius 1 is 1.50 bits per heavy atom. The molecule has 12 heteroatoms. The minimum atomic E-state index is -5.08. The fraction of sp³-hybridized carbons (Fsp3) is 0.625. The zero-order valence-electron chi connectivity index (χ0n) is 15.0. The SMILES string of the molecule is Cc1nc([C@H]2C[C@@H]3CCN(Cc4nccs4)C[C@H]3O2)n[nH]1.O=C(O)C(F)(F)F. The van der Waals surface area contributed by atoms with E-state index in [0.29, 0.717) is 12.0 Å². The van der Waals surface area contributed by atoms with Gasteiger partial charge in [0.05, 0.1) is 12.6 Å². The summed E-state index contributed by atoms with van der Waals surface area (Å²) in [6.07, 6.45) is -0.601. The van der Waals surface area contributed by atoms with Crippen LogP contribution in [-0.2, 0) is 16.1 Å². The van der Waals surface area contributed by atoms with E-state index in [1.165, 1.54) is 11.4 Å². The number of hydrogen-bond donors (Lipinski definition) is 2. The molecule has 2 aliphatic heterocycles. The average Bonchev–Trinajstić information content (AvgIpc) is 3.34. The summed E-state index contributed by atoms with van der Waals surface area (Å²) in [7, 11) is 0. The van der Waals surface area contributed by atoms with Crippen molar-refractivity contribution in [1.29, 1.82) is 0 Å². The zero-order valence-corrected chi connectivity index (χ0v) is 15.8. The number of fused-ring (bicyclic) bond motifs is 1. The summed E-state index contributed by atoms with van der Waals surface area (Å²) >= 11 is 1.72. The van der Waals surface area contributed by atoms with Crippen LogP contribution in [0.15, 0.2) is 11.6 Å². The van der Waals surface area contributed by atoms with Crippen LogP contribution >= 0.6 is 11.3 Å². The smallest absolute Gasteiger partial charge is 0.475 e. The molecule has 0 amide bonds. The van der Waals surface area contributed by atoms with E-state index in [4.69, 9.17) is 14.6 Å². The van der Waals surface area contributed by atoms with Gasteiger partial charge >= 0.3 is 12.1 Å². The molecule has 4 rings (SSSR count). The van der Waals surface area contributed by atoms with E-state index in [1.54, 1.807) is 11.3 Å². The molecule has 0 unspecified atom stereocenters. The molecular formula is C16H20F3N5O3S. The predicted molar refractivity (Wildman–Crippen MR) is 92.5 cm³/mol. The molecule has 0 saturated carbocycles. The summed E-state index contributed by atoms with van der Waals surface area (Å²) in [6, 6.07) is 0. The number of aryl methyl sites for hydroxylation is 1. The molecule has 0 bridgehead atoms. The summed E-state index contributed by atoms with van der Waals surface area (Å²) in [5.74, 6) is -0.448. The van der Waals surface area contributed by atoms with E-state index in [1.807, 2.05) is 18.5 Å². The topological polar surface area (TPSA) is 104 Å². The molecule has 2 aromatic heterocycles. The molecule has 4 heterocycles. The monoisotopic (exact) mass is 419 g/mol. The Labute approximate surface area is 162 Å². The molecule has 0 spiro atoms. The number of nitrogens with zero attached hydrogens (tertiary/aromatic N) is 4. The lowest BCUT2D eigenvalue weighted by molar-refractivity contribution is -0.192. The van der Waals surface area contributed by atoms with Gasteiger partial charge in [-0.1, -0.05) is 0 Å². The van der Waals surface area contributed by atoms with Crippen molar-refractivity contribution in [2.75, 3.05) is 13.1 Å². The number of carboxylic acid groups (broad SMARTS) is 1. The standard InChI is InChI=1S/C14H19N5OS.C2HF3O2/c1-9-16-14(18-17-9)11-6-10-2-4-19(7-12(10)20-11)8-13-15-3-5-21-13;3-2(4,5)1(6)7/h3,5,10-12H,2,4,6-8H2,1H3,(H,16,17,18);(H,6,7)/t10-,11+,12+;/m0./s1. The van der Waals surface area contributed by atoms with Crippen molar-refractivity contribution in [3.05, 3.63) is 28.2 Å².